The van der Waals surface area contributed by atoms with Crippen molar-refractivity contribution in [2.24, 2.45) is 14.0 Å². The van der Waals surface area contributed by atoms with Gasteiger partial charge in [0.15, 0.2) is 0 Å². The highest BCUT2D eigenvalue weighted by atomic mass is 35.5. The van der Waals surface area contributed by atoms with E-state index in [1.165, 1.54) is 18.7 Å². The molecule has 5 aromatic heterocycles. The molecule has 0 aliphatic rings. The van der Waals surface area contributed by atoms with Gasteiger partial charge in [-0.2, -0.15) is 5.10 Å². The molecule has 11 nitrogen and oxygen atoms in total. The topological polar surface area (TPSA) is 134 Å². The fourth-order valence-electron chi connectivity index (χ4n) is 5.07. The lowest BCUT2D eigenvalue weighted by Crippen LogP contribution is -2.21. The number of pyridine rings is 1. The Balaban J connectivity index is 1.60. The summed E-state index contributed by atoms with van der Waals surface area (Å²) in [4.78, 5) is 31.1. The van der Waals surface area contributed by atoms with E-state index in [2.05, 4.69) is 30.4 Å². The second kappa shape index (κ2) is 9.45. The van der Waals surface area contributed by atoms with Crippen LogP contribution >= 0.6 is 11.6 Å². The number of hydrogen-bond acceptors (Lipinski definition) is 8. The number of nitrogen functional groups attached to an aromatic ring is 1. The highest BCUT2D eigenvalue weighted by molar-refractivity contribution is 6.29. The molecule has 6 aromatic rings. The smallest absolute Gasteiger partial charge is 0.261 e. The molecule has 0 saturated heterocycles. The first-order chi connectivity index (χ1) is 20.3. The van der Waals surface area contributed by atoms with Crippen LogP contribution in [-0.4, -0.2) is 38.7 Å². The lowest BCUT2D eigenvalue weighted by molar-refractivity contribution is 0.756. The summed E-state index contributed by atoms with van der Waals surface area (Å²) in [5.74, 6) is 0.0566. The van der Waals surface area contributed by atoms with Gasteiger partial charge in [0.25, 0.3) is 5.56 Å². The largest absolute Gasteiger partial charge is 0.377 e. The average Bonchev–Trinajstić information content (AvgIpc) is 3.51. The zero-order valence-electron chi connectivity index (χ0n) is 25.1. The van der Waals surface area contributed by atoms with Crippen LogP contribution in [0.3, 0.4) is 0 Å². The van der Waals surface area contributed by atoms with Gasteiger partial charge in [-0.25, -0.2) is 19.9 Å². The summed E-state index contributed by atoms with van der Waals surface area (Å²) in [7, 11) is 1.84. The highest BCUT2D eigenvalue weighted by Crippen LogP contribution is 2.34. The normalized spacial score (nSPS) is 13.8. The van der Waals surface area contributed by atoms with E-state index in [-0.39, 0.29) is 28.7 Å². The molecule has 0 saturated carbocycles. The van der Waals surface area contributed by atoms with Gasteiger partial charge in [-0.15, -0.1) is 0 Å². The lowest BCUT2D eigenvalue weighted by Gasteiger charge is -2.21. The first-order valence-electron chi connectivity index (χ1n) is 13.9. The molecule has 0 aliphatic heterocycles. The molecule has 3 N–H and O–H groups in total. The van der Waals surface area contributed by atoms with Crippen molar-refractivity contribution in [1.82, 2.24) is 38.7 Å². The molecule has 0 aliphatic carbocycles. The maximum absolute atomic E-state index is 14.0. The second-order valence-corrected chi connectivity index (χ2v) is 10.1. The minimum atomic E-state index is -2.80. The minimum Gasteiger partial charge on any atom is -0.377 e. The van der Waals surface area contributed by atoms with Crippen molar-refractivity contribution >= 4 is 39.8 Å². The van der Waals surface area contributed by atoms with Gasteiger partial charge in [0.1, 0.15) is 22.8 Å². The van der Waals surface area contributed by atoms with Crippen LogP contribution in [0.2, 0.25) is 5.15 Å². The monoisotopic (exact) mass is 557 g/mol. The predicted molar refractivity (Wildman–Crippen MR) is 156 cm³/mol. The molecule has 0 spiro atoms. The van der Waals surface area contributed by atoms with Gasteiger partial charge in [-0.1, -0.05) is 17.7 Å². The molecule has 0 fully saturated rings. The van der Waals surface area contributed by atoms with Crippen LogP contribution in [0.15, 0.2) is 54.0 Å². The number of nitrogens with two attached hydrogens (primary N) is 1. The number of benzene rings is 1. The number of aromatic nitrogens is 8. The summed E-state index contributed by atoms with van der Waals surface area (Å²) in [6.45, 7) is 2.91. The van der Waals surface area contributed by atoms with Gasteiger partial charge in [0.2, 0.25) is 5.95 Å². The molecule has 1 unspecified atom stereocenters. The number of anilines is 2. The Labute approximate surface area is 238 Å². The molecule has 40 heavy (non-hydrogen) atoms. The van der Waals surface area contributed by atoms with Crippen LogP contribution in [-0.2, 0) is 14.0 Å². The Bertz CT molecular complexity index is 2100. The summed E-state index contributed by atoms with van der Waals surface area (Å²) in [5.41, 5.74) is 10.7. The standard InChI is InChI=1S/C28H27ClN10O/c1-14-8-18(15(2)34-21-6-7-22(29)35-24(21)20-12-37(4)36-16(20)3)25-19(9-14)27(40)38(5)26-23(33-13-39(25)26)17-10-31-28(30)32-11-17/h6-13,15,34H,1-5H3,(H2,30,31,32)/i5D3. The Morgan fingerprint density at radius 2 is 1.90 bits per heavy atom. The number of fused-ring (bicyclic) bond motifs is 3. The van der Waals surface area contributed by atoms with E-state index in [4.69, 9.17) is 21.4 Å². The van der Waals surface area contributed by atoms with Crippen LogP contribution in [0.25, 0.3) is 39.1 Å². The number of rotatable bonds is 5. The van der Waals surface area contributed by atoms with Crippen LogP contribution in [0, 0.1) is 13.8 Å². The van der Waals surface area contributed by atoms with E-state index in [0.717, 1.165) is 27.0 Å². The Morgan fingerprint density at radius 1 is 1.12 bits per heavy atom. The Hall–Kier alpha value is -4.77. The van der Waals surface area contributed by atoms with Crippen LogP contribution < -0.4 is 16.6 Å². The average molecular weight is 558 g/mol. The third kappa shape index (κ3) is 4.15. The summed E-state index contributed by atoms with van der Waals surface area (Å²) < 4.78 is 28.9. The van der Waals surface area contributed by atoms with Crippen LogP contribution in [0.5, 0.6) is 0 Å². The van der Waals surface area contributed by atoms with Crippen LogP contribution in [0.1, 0.15) is 33.9 Å². The van der Waals surface area contributed by atoms with Gasteiger partial charge >= 0.3 is 0 Å². The molecule has 202 valence electrons. The van der Waals surface area contributed by atoms with E-state index >= 15 is 0 Å². The van der Waals surface area contributed by atoms with Crippen molar-refractivity contribution in [3.05, 3.63) is 81.5 Å². The fraction of sp³-hybridized carbons (Fsp3) is 0.214. The zero-order chi connectivity index (χ0) is 30.8. The van der Waals surface area contributed by atoms with Crippen molar-refractivity contribution in [2.75, 3.05) is 11.1 Å². The third-order valence-electron chi connectivity index (χ3n) is 6.83. The number of hydrogen-bond donors (Lipinski definition) is 2. The second-order valence-electron chi connectivity index (χ2n) is 9.71. The van der Waals surface area contributed by atoms with E-state index < -0.39 is 12.5 Å². The van der Waals surface area contributed by atoms with Gasteiger partial charge < -0.3 is 11.1 Å². The molecule has 1 atom stereocenters. The van der Waals surface area contributed by atoms with Gasteiger partial charge in [-0.05, 0) is 50.1 Å². The van der Waals surface area contributed by atoms with Gasteiger partial charge in [0, 0.05) is 47.9 Å². The maximum Gasteiger partial charge on any atom is 0.261 e. The molecular weight excluding hydrogens is 528 g/mol. The first kappa shape index (κ1) is 22.1. The molecule has 0 bridgehead atoms. The third-order valence-corrected chi connectivity index (χ3v) is 7.04. The fourth-order valence-corrected chi connectivity index (χ4v) is 5.22. The van der Waals surface area contributed by atoms with Crippen molar-refractivity contribution < 1.29 is 4.11 Å². The maximum atomic E-state index is 14.0. The Morgan fingerprint density at radius 3 is 2.60 bits per heavy atom. The van der Waals surface area contributed by atoms with Crippen molar-refractivity contribution in [1.29, 1.82) is 0 Å². The molecule has 6 rings (SSSR count). The van der Waals surface area contributed by atoms with Crippen LogP contribution in [0.4, 0.5) is 11.6 Å². The van der Waals surface area contributed by atoms with E-state index in [1.54, 1.807) is 21.2 Å². The summed E-state index contributed by atoms with van der Waals surface area (Å²) >= 11 is 6.30. The highest BCUT2D eigenvalue weighted by Gasteiger charge is 2.22. The molecule has 0 radical (unpaired) electrons. The molecule has 1 aromatic carbocycles. The first-order valence-corrected chi connectivity index (χ1v) is 12.8. The number of nitrogens with zero attached hydrogens (tertiary/aromatic N) is 8. The lowest BCUT2D eigenvalue weighted by atomic mass is 10.00. The number of aryl methyl sites for hydroxylation is 4. The van der Waals surface area contributed by atoms with Crippen molar-refractivity contribution in [3.63, 3.8) is 0 Å². The van der Waals surface area contributed by atoms with E-state index in [0.29, 0.717) is 27.6 Å². The molecule has 5 heterocycles. The quantitative estimate of drug-likeness (QED) is 0.297. The Kier molecular flexibility index (Phi) is 5.22. The van der Waals surface area contributed by atoms with Gasteiger partial charge in [-0.3, -0.25) is 18.4 Å². The number of halogens is 1. The SMILES string of the molecule is [2H]C([2H])([2H])n1c(=O)c2cc(C)cc(C(C)Nc3ccc(Cl)nc3-c3cn(C)nc3C)c2n2cnc(-c3cnc(N)nc3)c12. The molecular formula is C28H27ClN10O. The molecule has 12 heteroatoms. The summed E-state index contributed by atoms with van der Waals surface area (Å²) in [5, 5.41) is 8.56. The van der Waals surface area contributed by atoms with Crippen molar-refractivity contribution in [3.8, 4) is 22.5 Å². The van der Waals surface area contributed by atoms with Gasteiger partial charge in [0.05, 0.1) is 34.0 Å². The predicted octanol–water partition coefficient (Wildman–Crippen LogP) is 4.46. The number of nitrogens with one attached hydrogen (secondary N) is 1. The van der Waals surface area contributed by atoms with Crippen molar-refractivity contribution in [2.45, 2.75) is 26.8 Å². The summed E-state index contributed by atoms with van der Waals surface area (Å²) in [6, 6.07) is 6.82. The van der Waals surface area contributed by atoms with E-state index in [9.17, 15) is 4.79 Å². The zero-order valence-corrected chi connectivity index (χ0v) is 22.9. The minimum absolute atomic E-state index is 0.0566. The van der Waals surface area contributed by atoms with E-state index in [1.807, 2.05) is 46.1 Å². The number of imidazole rings is 1. The summed E-state index contributed by atoms with van der Waals surface area (Å²) in [6.07, 6.45) is 6.27. The molecule has 0 amide bonds.